The van der Waals surface area contributed by atoms with Crippen LogP contribution >= 0.6 is 0 Å². The van der Waals surface area contributed by atoms with Gasteiger partial charge in [-0.2, -0.15) is 0 Å². The highest BCUT2D eigenvalue weighted by Gasteiger charge is 2.29. The molecule has 0 aromatic rings. The van der Waals surface area contributed by atoms with Gasteiger partial charge in [0.2, 0.25) is 5.91 Å². The SMILES string of the molecule is CC(=O)CC(C)N1CCC(C(N)=O)C1. The Morgan fingerprint density at radius 2 is 2.21 bits per heavy atom. The molecule has 1 rings (SSSR count). The average Bonchev–Trinajstić information content (AvgIpc) is 2.50. The number of rotatable bonds is 4. The van der Waals surface area contributed by atoms with Gasteiger partial charge in [-0.1, -0.05) is 0 Å². The first-order chi connectivity index (χ1) is 6.50. The Labute approximate surface area is 84.4 Å². The monoisotopic (exact) mass is 198 g/mol. The summed E-state index contributed by atoms with van der Waals surface area (Å²) >= 11 is 0. The Bertz CT molecular complexity index is 240. The third-order valence-corrected chi connectivity index (χ3v) is 2.83. The van der Waals surface area contributed by atoms with Gasteiger partial charge in [-0.05, 0) is 26.8 Å². The van der Waals surface area contributed by atoms with Crippen molar-refractivity contribution in [2.75, 3.05) is 13.1 Å². The van der Waals surface area contributed by atoms with E-state index in [1.54, 1.807) is 6.92 Å². The minimum Gasteiger partial charge on any atom is -0.369 e. The standard InChI is InChI=1S/C10H18N2O2/c1-7(5-8(2)13)12-4-3-9(6-12)10(11)14/h7,9H,3-6H2,1-2H3,(H2,11,14). The van der Waals surface area contributed by atoms with Crippen molar-refractivity contribution in [1.82, 2.24) is 4.90 Å². The number of Topliss-reactive ketones (excluding diaryl/α,β-unsaturated/α-hetero) is 1. The van der Waals surface area contributed by atoms with Gasteiger partial charge in [-0.15, -0.1) is 0 Å². The zero-order chi connectivity index (χ0) is 10.7. The van der Waals surface area contributed by atoms with Crippen molar-refractivity contribution >= 4 is 11.7 Å². The molecule has 0 aliphatic carbocycles. The van der Waals surface area contributed by atoms with Crippen LogP contribution in [0.25, 0.3) is 0 Å². The van der Waals surface area contributed by atoms with Crippen molar-refractivity contribution in [1.29, 1.82) is 0 Å². The van der Waals surface area contributed by atoms with Crippen LogP contribution in [0, 0.1) is 5.92 Å². The molecule has 1 amide bonds. The molecule has 2 unspecified atom stereocenters. The Morgan fingerprint density at radius 1 is 1.57 bits per heavy atom. The van der Waals surface area contributed by atoms with E-state index in [9.17, 15) is 9.59 Å². The van der Waals surface area contributed by atoms with Gasteiger partial charge in [0.15, 0.2) is 0 Å². The number of carbonyl (C=O) groups excluding carboxylic acids is 2. The van der Waals surface area contributed by atoms with Gasteiger partial charge in [0, 0.05) is 19.0 Å². The lowest BCUT2D eigenvalue weighted by atomic mass is 10.1. The van der Waals surface area contributed by atoms with Crippen molar-refractivity contribution in [3.63, 3.8) is 0 Å². The predicted octanol–water partition coefficient (Wildman–Crippen LogP) is 0.161. The Kier molecular flexibility index (Phi) is 3.63. The molecular formula is C10H18N2O2. The van der Waals surface area contributed by atoms with Gasteiger partial charge in [-0.3, -0.25) is 14.5 Å². The number of nitrogens with two attached hydrogens (primary N) is 1. The molecule has 0 bridgehead atoms. The van der Waals surface area contributed by atoms with Crippen LogP contribution in [0.15, 0.2) is 0 Å². The van der Waals surface area contributed by atoms with Gasteiger partial charge >= 0.3 is 0 Å². The van der Waals surface area contributed by atoms with Crippen molar-refractivity contribution in [2.24, 2.45) is 11.7 Å². The predicted molar refractivity (Wildman–Crippen MR) is 53.6 cm³/mol. The fourth-order valence-electron chi connectivity index (χ4n) is 1.96. The second-order valence-electron chi connectivity index (χ2n) is 4.14. The molecule has 0 aromatic carbocycles. The quantitative estimate of drug-likeness (QED) is 0.700. The van der Waals surface area contributed by atoms with Crippen molar-refractivity contribution in [3.05, 3.63) is 0 Å². The van der Waals surface area contributed by atoms with E-state index in [-0.39, 0.29) is 23.7 Å². The largest absolute Gasteiger partial charge is 0.369 e. The molecule has 80 valence electrons. The highest BCUT2D eigenvalue weighted by Crippen LogP contribution is 2.19. The van der Waals surface area contributed by atoms with Crippen LogP contribution in [0.3, 0.4) is 0 Å². The highest BCUT2D eigenvalue weighted by atomic mass is 16.1. The number of nitrogens with zero attached hydrogens (tertiary/aromatic N) is 1. The van der Waals surface area contributed by atoms with Crippen LogP contribution in [-0.4, -0.2) is 35.7 Å². The van der Waals surface area contributed by atoms with E-state index >= 15 is 0 Å². The van der Waals surface area contributed by atoms with Crippen LogP contribution in [0.4, 0.5) is 0 Å². The molecule has 4 nitrogen and oxygen atoms in total. The maximum Gasteiger partial charge on any atom is 0.221 e. The molecule has 0 saturated carbocycles. The number of hydrogen-bond acceptors (Lipinski definition) is 3. The summed E-state index contributed by atoms with van der Waals surface area (Å²) in [5.41, 5.74) is 5.23. The van der Waals surface area contributed by atoms with Crippen molar-refractivity contribution in [3.8, 4) is 0 Å². The first kappa shape index (κ1) is 11.2. The van der Waals surface area contributed by atoms with E-state index in [4.69, 9.17) is 5.73 Å². The third-order valence-electron chi connectivity index (χ3n) is 2.83. The molecule has 1 heterocycles. The summed E-state index contributed by atoms with van der Waals surface area (Å²) in [6, 6.07) is 0.233. The summed E-state index contributed by atoms with van der Waals surface area (Å²) in [6.07, 6.45) is 1.39. The van der Waals surface area contributed by atoms with Gasteiger partial charge in [-0.25, -0.2) is 0 Å². The lowest BCUT2D eigenvalue weighted by Crippen LogP contribution is -2.34. The molecular weight excluding hydrogens is 180 g/mol. The Hall–Kier alpha value is -0.900. The first-order valence-corrected chi connectivity index (χ1v) is 5.03. The molecule has 1 aliphatic rings. The molecule has 1 fully saturated rings. The molecule has 4 heteroatoms. The van der Waals surface area contributed by atoms with Crippen LogP contribution in [0.5, 0.6) is 0 Å². The maximum absolute atomic E-state index is 10.9. The fourth-order valence-corrected chi connectivity index (χ4v) is 1.96. The van der Waals surface area contributed by atoms with Gasteiger partial charge in [0.1, 0.15) is 5.78 Å². The second-order valence-corrected chi connectivity index (χ2v) is 4.14. The number of amides is 1. The normalized spacial score (nSPS) is 24.9. The van der Waals surface area contributed by atoms with E-state index in [0.29, 0.717) is 13.0 Å². The van der Waals surface area contributed by atoms with E-state index < -0.39 is 0 Å². The number of ketones is 1. The van der Waals surface area contributed by atoms with Crippen molar-refractivity contribution in [2.45, 2.75) is 32.7 Å². The third kappa shape index (κ3) is 2.80. The second kappa shape index (κ2) is 4.55. The fraction of sp³-hybridized carbons (Fsp3) is 0.800. The van der Waals surface area contributed by atoms with Crippen LogP contribution in [0.2, 0.25) is 0 Å². The number of hydrogen-bond donors (Lipinski definition) is 1. The lowest BCUT2D eigenvalue weighted by Gasteiger charge is -2.22. The molecule has 0 aromatic heterocycles. The van der Waals surface area contributed by atoms with E-state index in [2.05, 4.69) is 4.90 Å². The summed E-state index contributed by atoms with van der Waals surface area (Å²) in [4.78, 5) is 24.0. The topological polar surface area (TPSA) is 63.4 Å². The summed E-state index contributed by atoms with van der Waals surface area (Å²) in [5, 5.41) is 0. The van der Waals surface area contributed by atoms with E-state index in [1.807, 2.05) is 6.92 Å². The lowest BCUT2D eigenvalue weighted by molar-refractivity contribution is -0.121. The zero-order valence-electron chi connectivity index (χ0n) is 8.82. The van der Waals surface area contributed by atoms with E-state index in [1.165, 1.54) is 0 Å². The molecule has 1 saturated heterocycles. The zero-order valence-corrected chi connectivity index (χ0v) is 8.82. The maximum atomic E-state index is 10.9. The Balaban J connectivity index is 2.41. The summed E-state index contributed by atoms with van der Waals surface area (Å²) in [6.45, 7) is 5.20. The van der Waals surface area contributed by atoms with Crippen molar-refractivity contribution < 1.29 is 9.59 Å². The van der Waals surface area contributed by atoms with Crippen LogP contribution in [-0.2, 0) is 9.59 Å². The highest BCUT2D eigenvalue weighted by molar-refractivity contribution is 5.77. The summed E-state index contributed by atoms with van der Waals surface area (Å²) < 4.78 is 0. The average molecular weight is 198 g/mol. The smallest absolute Gasteiger partial charge is 0.221 e. The van der Waals surface area contributed by atoms with E-state index in [0.717, 1.165) is 13.0 Å². The number of likely N-dealkylation sites (tertiary alicyclic amines) is 1. The molecule has 0 radical (unpaired) electrons. The van der Waals surface area contributed by atoms with Gasteiger partial charge in [0.25, 0.3) is 0 Å². The summed E-state index contributed by atoms with van der Waals surface area (Å²) in [7, 11) is 0. The minimum absolute atomic E-state index is 0.0237. The molecule has 2 atom stereocenters. The summed E-state index contributed by atoms with van der Waals surface area (Å²) in [5.74, 6) is -0.0491. The number of primary amides is 1. The first-order valence-electron chi connectivity index (χ1n) is 5.03. The Morgan fingerprint density at radius 3 is 2.64 bits per heavy atom. The van der Waals surface area contributed by atoms with Crippen LogP contribution in [0.1, 0.15) is 26.7 Å². The molecule has 2 N–H and O–H groups in total. The molecule has 14 heavy (non-hydrogen) atoms. The van der Waals surface area contributed by atoms with Gasteiger partial charge < -0.3 is 5.73 Å². The van der Waals surface area contributed by atoms with Gasteiger partial charge in [0.05, 0.1) is 5.92 Å². The molecule has 1 aliphatic heterocycles. The van der Waals surface area contributed by atoms with Crippen LogP contribution < -0.4 is 5.73 Å². The molecule has 0 spiro atoms. The minimum atomic E-state index is -0.220. The number of carbonyl (C=O) groups is 2.